The van der Waals surface area contributed by atoms with Crippen LogP contribution in [0.5, 0.6) is 5.75 Å². The Bertz CT molecular complexity index is 957. The molecule has 0 saturated carbocycles. The Balaban J connectivity index is 1.59. The average molecular weight is 404 g/mol. The van der Waals surface area contributed by atoms with E-state index in [2.05, 4.69) is 53.8 Å². The second-order valence-corrected chi connectivity index (χ2v) is 8.17. The Kier molecular flexibility index (Phi) is 6.07. The lowest BCUT2D eigenvalue weighted by molar-refractivity contribution is -0.153. The van der Waals surface area contributed by atoms with E-state index in [9.17, 15) is 0 Å². The van der Waals surface area contributed by atoms with Gasteiger partial charge < -0.3 is 19.5 Å². The van der Waals surface area contributed by atoms with E-state index in [4.69, 9.17) is 14.2 Å². The number of methoxy groups -OCH3 is 1. The summed E-state index contributed by atoms with van der Waals surface area (Å²) >= 11 is 0. The van der Waals surface area contributed by atoms with Crippen molar-refractivity contribution in [3.8, 4) is 5.75 Å². The molecule has 1 aliphatic rings. The van der Waals surface area contributed by atoms with Crippen molar-refractivity contribution in [3.63, 3.8) is 0 Å². The number of ether oxygens (including phenoxy) is 3. The third-order valence-corrected chi connectivity index (χ3v) is 5.52. The zero-order chi connectivity index (χ0) is 21.0. The number of benzene rings is 3. The van der Waals surface area contributed by atoms with Gasteiger partial charge >= 0.3 is 0 Å². The number of fused-ring (bicyclic) bond motifs is 1. The highest BCUT2D eigenvalue weighted by Gasteiger charge is 2.45. The molecule has 3 aromatic carbocycles. The lowest BCUT2D eigenvalue weighted by Crippen LogP contribution is -2.50. The molecule has 0 aliphatic carbocycles. The first-order chi connectivity index (χ1) is 14.6. The van der Waals surface area contributed by atoms with Crippen molar-refractivity contribution >= 4 is 5.69 Å². The summed E-state index contributed by atoms with van der Waals surface area (Å²) in [5.74, 6) is 0.844. The van der Waals surface area contributed by atoms with Gasteiger partial charge in [-0.05, 0) is 43.2 Å². The first-order valence-corrected chi connectivity index (χ1v) is 10.4. The maximum atomic E-state index is 6.42. The largest absolute Gasteiger partial charge is 0.485 e. The quantitative estimate of drug-likeness (QED) is 0.546. The maximum absolute atomic E-state index is 6.42. The van der Waals surface area contributed by atoms with E-state index in [1.165, 1.54) is 5.56 Å². The monoisotopic (exact) mass is 403 g/mol. The summed E-state index contributed by atoms with van der Waals surface area (Å²) in [6.07, 6.45) is -0.453. The molecule has 4 nitrogen and oxygen atoms in total. The second-order valence-electron chi connectivity index (χ2n) is 8.17. The molecule has 0 bridgehead atoms. The lowest BCUT2D eigenvalue weighted by Gasteiger charge is -2.43. The van der Waals surface area contributed by atoms with Gasteiger partial charge in [0.2, 0.25) is 0 Å². The first-order valence-electron chi connectivity index (χ1n) is 10.4. The van der Waals surface area contributed by atoms with Crippen LogP contribution >= 0.6 is 0 Å². The molecule has 0 saturated heterocycles. The van der Waals surface area contributed by atoms with E-state index >= 15 is 0 Å². The van der Waals surface area contributed by atoms with Gasteiger partial charge in [-0.2, -0.15) is 0 Å². The zero-order valence-corrected chi connectivity index (χ0v) is 17.8. The molecule has 0 radical (unpaired) electrons. The predicted octanol–water partition coefficient (Wildman–Crippen LogP) is 5.74. The fourth-order valence-electron chi connectivity index (χ4n) is 3.99. The van der Waals surface area contributed by atoms with Crippen molar-refractivity contribution in [1.29, 1.82) is 0 Å². The molecule has 3 aromatic rings. The average Bonchev–Trinajstić information content (AvgIpc) is 2.77. The summed E-state index contributed by atoms with van der Waals surface area (Å²) in [6, 6.07) is 26.8. The molecular weight excluding hydrogens is 374 g/mol. The van der Waals surface area contributed by atoms with Gasteiger partial charge in [0.25, 0.3) is 0 Å². The third-order valence-electron chi connectivity index (χ3n) is 5.52. The highest BCUT2D eigenvalue weighted by Crippen LogP contribution is 2.44. The fraction of sp³-hybridized carbons (Fsp3) is 0.308. The summed E-state index contributed by atoms with van der Waals surface area (Å²) in [4.78, 5) is 0. The number of rotatable bonds is 7. The number of nitrogens with one attached hydrogen (secondary N) is 1. The van der Waals surface area contributed by atoms with Crippen molar-refractivity contribution in [2.75, 3.05) is 12.4 Å². The molecule has 2 atom stereocenters. The minimum absolute atomic E-state index is 0.224. The van der Waals surface area contributed by atoms with Crippen LogP contribution in [0.2, 0.25) is 0 Å². The van der Waals surface area contributed by atoms with Crippen LogP contribution in [-0.4, -0.2) is 18.8 Å². The van der Waals surface area contributed by atoms with Gasteiger partial charge in [0.05, 0.1) is 6.61 Å². The molecule has 156 valence electrons. The molecule has 4 heteroatoms. The molecule has 0 amide bonds. The van der Waals surface area contributed by atoms with E-state index in [0.717, 1.165) is 29.1 Å². The molecule has 0 aromatic heterocycles. The van der Waals surface area contributed by atoms with Crippen LogP contribution in [0.3, 0.4) is 0 Å². The SMILES string of the molecule is COC1C(OCc2ccccc2)c2cc(NCc3ccccc3)ccc2OC1(C)C. The molecule has 2 unspecified atom stereocenters. The summed E-state index contributed by atoms with van der Waals surface area (Å²) in [5.41, 5.74) is 3.91. The first kappa shape index (κ1) is 20.5. The van der Waals surface area contributed by atoms with Crippen molar-refractivity contribution in [1.82, 2.24) is 0 Å². The molecule has 1 aliphatic heterocycles. The van der Waals surface area contributed by atoms with Crippen LogP contribution in [0.4, 0.5) is 5.69 Å². The molecule has 0 spiro atoms. The Morgan fingerprint density at radius 2 is 1.57 bits per heavy atom. The summed E-state index contributed by atoms with van der Waals surface area (Å²) < 4.78 is 18.6. The van der Waals surface area contributed by atoms with Crippen LogP contribution in [-0.2, 0) is 22.6 Å². The van der Waals surface area contributed by atoms with Crippen molar-refractivity contribution in [2.24, 2.45) is 0 Å². The topological polar surface area (TPSA) is 39.7 Å². The van der Waals surface area contributed by atoms with Gasteiger partial charge in [0.1, 0.15) is 23.6 Å². The van der Waals surface area contributed by atoms with E-state index in [0.29, 0.717) is 6.61 Å². The normalized spacial score (nSPS) is 19.6. The predicted molar refractivity (Wildman–Crippen MR) is 120 cm³/mol. The highest BCUT2D eigenvalue weighted by atomic mass is 16.6. The van der Waals surface area contributed by atoms with E-state index in [-0.39, 0.29) is 12.2 Å². The van der Waals surface area contributed by atoms with Crippen molar-refractivity contribution in [3.05, 3.63) is 95.6 Å². The maximum Gasteiger partial charge on any atom is 0.132 e. The van der Waals surface area contributed by atoms with Gasteiger partial charge in [-0.15, -0.1) is 0 Å². The van der Waals surface area contributed by atoms with Crippen LogP contribution in [0.25, 0.3) is 0 Å². The van der Waals surface area contributed by atoms with E-state index in [1.807, 2.05) is 44.2 Å². The summed E-state index contributed by atoms with van der Waals surface area (Å²) in [7, 11) is 1.72. The number of hydrogen-bond donors (Lipinski definition) is 1. The van der Waals surface area contributed by atoms with Gasteiger partial charge in [-0.25, -0.2) is 0 Å². The van der Waals surface area contributed by atoms with Crippen molar-refractivity contribution in [2.45, 2.75) is 44.8 Å². The van der Waals surface area contributed by atoms with Crippen LogP contribution in [0.15, 0.2) is 78.9 Å². The van der Waals surface area contributed by atoms with Crippen molar-refractivity contribution < 1.29 is 14.2 Å². The molecule has 1 heterocycles. The molecule has 30 heavy (non-hydrogen) atoms. The summed E-state index contributed by atoms with van der Waals surface area (Å²) in [6.45, 7) is 5.37. The Morgan fingerprint density at radius 1 is 0.900 bits per heavy atom. The Morgan fingerprint density at radius 3 is 2.23 bits per heavy atom. The standard InChI is InChI=1S/C26H29NO3/c1-26(2)25(28-3)24(29-18-20-12-8-5-9-13-20)22-16-21(14-15-23(22)30-26)27-17-19-10-6-4-7-11-19/h4-16,24-25,27H,17-18H2,1-3H3. The van der Waals surface area contributed by atoms with Crippen LogP contribution in [0, 0.1) is 0 Å². The second kappa shape index (κ2) is 8.90. The Labute approximate surface area is 178 Å². The fourth-order valence-corrected chi connectivity index (χ4v) is 3.99. The minimum atomic E-state index is -0.498. The van der Waals surface area contributed by atoms with Gasteiger partial charge in [0.15, 0.2) is 0 Å². The molecule has 4 rings (SSSR count). The van der Waals surface area contributed by atoms with Crippen LogP contribution < -0.4 is 10.1 Å². The van der Waals surface area contributed by atoms with E-state index in [1.54, 1.807) is 7.11 Å². The highest BCUT2D eigenvalue weighted by molar-refractivity contribution is 5.53. The van der Waals surface area contributed by atoms with Gasteiger partial charge in [0, 0.05) is 24.9 Å². The molecule has 1 N–H and O–H groups in total. The lowest BCUT2D eigenvalue weighted by atomic mass is 9.88. The molecular formula is C26H29NO3. The van der Waals surface area contributed by atoms with Gasteiger partial charge in [-0.1, -0.05) is 60.7 Å². The number of hydrogen-bond acceptors (Lipinski definition) is 4. The number of anilines is 1. The third kappa shape index (κ3) is 4.50. The van der Waals surface area contributed by atoms with Gasteiger partial charge in [-0.3, -0.25) is 0 Å². The van der Waals surface area contributed by atoms with E-state index < -0.39 is 5.60 Å². The van der Waals surface area contributed by atoms with Crippen LogP contribution in [0.1, 0.15) is 36.6 Å². The molecule has 0 fully saturated rings. The smallest absolute Gasteiger partial charge is 0.132 e. The summed E-state index contributed by atoms with van der Waals surface area (Å²) in [5, 5.41) is 3.51. The minimum Gasteiger partial charge on any atom is -0.485 e. The zero-order valence-electron chi connectivity index (χ0n) is 17.8. The Hall–Kier alpha value is -2.82.